The quantitative estimate of drug-likeness (QED) is 0.838. The Morgan fingerprint density at radius 2 is 1.82 bits per heavy atom. The highest BCUT2D eigenvalue weighted by molar-refractivity contribution is 6.04. The number of carbonyl (C=O) groups is 2. The van der Waals surface area contributed by atoms with E-state index in [1.807, 2.05) is 58.9 Å². The largest absolute Gasteiger partial charge is 0.400 e. The molecule has 1 aromatic carbocycles. The lowest BCUT2D eigenvalue weighted by Crippen LogP contribution is -2.38. The zero-order valence-electron chi connectivity index (χ0n) is 14.4. The summed E-state index contributed by atoms with van der Waals surface area (Å²) in [6.45, 7) is 10.0. The highest BCUT2D eigenvalue weighted by Gasteiger charge is 2.29. The Morgan fingerprint density at radius 3 is 2.36 bits per heavy atom. The summed E-state index contributed by atoms with van der Waals surface area (Å²) in [7, 11) is 1.00. The molecule has 0 spiro atoms. The lowest BCUT2D eigenvalue weighted by molar-refractivity contribution is -0.122. The molecule has 0 aliphatic carbocycles. The van der Waals surface area contributed by atoms with Gasteiger partial charge in [0.25, 0.3) is 0 Å². The molecule has 2 N–H and O–H groups in total. The molecule has 0 fully saturated rings. The Kier molecular flexibility index (Phi) is 9.10. The van der Waals surface area contributed by atoms with Crippen molar-refractivity contribution >= 4 is 23.2 Å². The van der Waals surface area contributed by atoms with Crippen molar-refractivity contribution in [3.63, 3.8) is 0 Å². The molecule has 0 saturated heterocycles. The summed E-state index contributed by atoms with van der Waals surface area (Å²) in [5.74, 6) is -0.286. The van der Waals surface area contributed by atoms with E-state index in [0.717, 1.165) is 12.8 Å². The number of amides is 2. The highest BCUT2D eigenvalue weighted by Crippen LogP contribution is 2.30. The minimum absolute atomic E-state index is 0.0403. The monoisotopic (exact) mass is 308 g/mol. The molecule has 2 rings (SSSR count). The van der Waals surface area contributed by atoms with Gasteiger partial charge >= 0.3 is 0 Å². The second kappa shape index (κ2) is 9.95. The Labute approximate surface area is 133 Å². The van der Waals surface area contributed by atoms with Gasteiger partial charge in [0.05, 0.1) is 17.3 Å². The van der Waals surface area contributed by atoms with Crippen LogP contribution in [-0.4, -0.2) is 30.6 Å². The molecule has 1 aliphatic heterocycles. The molecular formula is C17H28N2O3. The number of anilines is 2. The highest BCUT2D eigenvalue weighted by atomic mass is 16.2. The van der Waals surface area contributed by atoms with Crippen LogP contribution in [0.15, 0.2) is 24.3 Å². The topological polar surface area (TPSA) is 69.6 Å². The van der Waals surface area contributed by atoms with Crippen LogP contribution in [0.3, 0.4) is 0 Å². The van der Waals surface area contributed by atoms with Gasteiger partial charge in [-0.2, -0.15) is 0 Å². The Morgan fingerprint density at radius 1 is 1.27 bits per heavy atom. The van der Waals surface area contributed by atoms with E-state index in [2.05, 4.69) is 5.32 Å². The Balaban J connectivity index is 0.00000102. The molecule has 2 amide bonds. The molecule has 0 aromatic heterocycles. The van der Waals surface area contributed by atoms with Gasteiger partial charge in [0.15, 0.2) is 0 Å². The zero-order valence-corrected chi connectivity index (χ0v) is 14.4. The van der Waals surface area contributed by atoms with E-state index in [1.54, 1.807) is 4.90 Å². The number of carbonyl (C=O) groups excluding carboxylic acids is 2. The molecule has 1 aliphatic rings. The second-order valence-corrected chi connectivity index (χ2v) is 5.01. The van der Waals surface area contributed by atoms with E-state index in [4.69, 9.17) is 5.11 Å². The van der Waals surface area contributed by atoms with Crippen molar-refractivity contribution in [1.82, 2.24) is 0 Å². The standard InChI is InChI=1S/C14H18N2O2.C2H6.CH4O/c1-9(2)14(18)16-8-10(3)13(17)15-11-6-4-5-7-12(11)16;2*1-2/h4-7,9-10H,8H2,1-3H3,(H,15,17);1-2H3;2H,1H3. The van der Waals surface area contributed by atoms with Crippen LogP contribution in [0.1, 0.15) is 34.6 Å². The number of para-hydroxylation sites is 2. The van der Waals surface area contributed by atoms with E-state index in [-0.39, 0.29) is 23.7 Å². The van der Waals surface area contributed by atoms with E-state index in [9.17, 15) is 9.59 Å². The number of aliphatic hydroxyl groups excluding tert-OH is 1. The number of fused-ring (bicyclic) bond motifs is 1. The van der Waals surface area contributed by atoms with E-state index < -0.39 is 0 Å². The first-order chi connectivity index (χ1) is 10.5. The van der Waals surface area contributed by atoms with Crippen LogP contribution in [0, 0.1) is 11.8 Å². The summed E-state index contributed by atoms with van der Waals surface area (Å²) >= 11 is 0. The van der Waals surface area contributed by atoms with Crippen molar-refractivity contribution in [2.24, 2.45) is 11.8 Å². The minimum Gasteiger partial charge on any atom is -0.400 e. The predicted octanol–water partition coefficient (Wildman–Crippen LogP) is 2.90. The molecule has 1 unspecified atom stereocenters. The number of hydrogen-bond donors (Lipinski definition) is 2. The summed E-state index contributed by atoms with van der Waals surface area (Å²) in [6, 6.07) is 7.43. The fourth-order valence-corrected chi connectivity index (χ4v) is 2.05. The maximum absolute atomic E-state index is 12.3. The molecule has 0 radical (unpaired) electrons. The molecule has 124 valence electrons. The SMILES string of the molecule is CC.CC(C)C(=O)N1CC(C)C(=O)Nc2ccccc21.CO. The van der Waals surface area contributed by atoms with Gasteiger partial charge < -0.3 is 15.3 Å². The van der Waals surface area contributed by atoms with E-state index in [0.29, 0.717) is 12.2 Å². The molecule has 0 bridgehead atoms. The maximum Gasteiger partial charge on any atom is 0.229 e. The first kappa shape index (κ1) is 20.1. The molecule has 1 atom stereocenters. The molecule has 5 heteroatoms. The minimum atomic E-state index is -0.208. The third kappa shape index (κ3) is 4.84. The van der Waals surface area contributed by atoms with Crippen molar-refractivity contribution in [1.29, 1.82) is 0 Å². The van der Waals surface area contributed by atoms with E-state index >= 15 is 0 Å². The van der Waals surface area contributed by atoms with Crippen molar-refractivity contribution in [2.75, 3.05) is 23.9 Å². The van der Waals surface area contributed by atoms with E-state index in [1.165, 1.54) is 0 Å². The lowest BCUT2D eigenvalue weighted by Gasteiger charge is -2.25. The first-order valence-electron chi connectivity index (χ1n) is 7.66. The van der Waals surface area contributed by atoms with Crippen molar-refractivity contribution in [2.45, 2.75) is 34.6 Å². The smallest absolute Gasteiger partial charge is 0.229 e. The predicted molar refractivity (Wildman–Crippen MR) is 90.9 cm³/mol. The lowest BCUT2D eigenvalue weighted by atomic mass is 10.1. The first-order valence-corrected chi connectivity index (χ1v) is 7.66. The average Bonchev–Trinajstić information content (AvgIpc) is 2.67. The van der Waals surface area contributed by atoms with Gasteiger partial charge in [0, 0.05) is 19.6 Å². The van der Waals surface area contributed by atoms with Gasteiger partial charge in [-0.15, -0.1) is 0 Å². The van der Waals surface area contributed by atoms with Crippen molar-refractivity contribution < 1.29 is 14.7 Å². The summed E-state index contributed by atoms with van der Waals surface area (Å²) in [5, 5.41) is 9.86. The summed E-state index contributed by atoms with van der Waals surface area (Å²) in [6.07, 6.45) is 0. The fraction of sp³-hybridized carbons (Fsp3) is 0.529. The van der Waals surface area contributed by atoms with Crippen molar-refractivity contribution in [3.8, 4) is 0 Å². The number of benzene rings is 1. The Hall–Kier alpha value is -1.88. The molecule has 5 nitrogen and oxygen atoms in total. The third-order valence-electron chi connectivity index (χ3n) is 3.12. The normalized spacial score (nSPS) is 16.3. The molecule has 1 aromatic rings. The number of aliphatic hydroxyl groups is 1. The zero-order chi connectivity index (χ0) is 17.3. The fourth-order valence-electron chi connectivity index (χ4n) is 2.05. The van der Waals surface area contributed by atoms with Crippen LogP contribution in [0.5, 0.6) is 0 Å². The number of rotatable bonds is 1. The number of nitrogens with one attached hydrogen (secondary N) is 1. The second-order valence-electron chi connectivity index (χ2n) is 5.01. The third-order valence-corrected chi connectivity index (χ3v) is 3.12. The Bertz CT molecular complexity index is 487. The van der Waals surface area contributed by atoms with Crippen LogP contribution < -0.4 is 10.2 Å². The van der Waals surface area contributed by atoms with Gasteiger partial charge in [-0.05, 0) is 12.1 Å². The maximum atomic E-state index is 12.3. The van der Waals surface area contributed by atoms with Gasteiger partial charge in [-0.1, -0.05) is 46.8 Å². The summed E-state index contributed by atoms with van der Waals surface area (Å²) in [5.41, 5.74) is 1.50. The van der Waals surface area contributed by atoms with Crippen LogP contribution in [-0.2, 0) is 9.59 Å². The summed E-state index contributed by atoms with van der Waals surface area (Å²) < 4.78 is 0. The van der Waals surface area contributed by atoms with Gasteiger partial charge in [0.2, 0.25) is 11.8 Å². The van der Waals surface area contributed by atoms with Gasteiger partial charge in [-0.3, -0.25) is 9.59 Å². The van der Waals surface area contributed by atoms with Crippen LogP contribution in [0.4, 0.5) is 11.4 Å². The van der Waals surface area contributed by atoms with Crippen LogP contribution in [0.2, 0.25) is 0 Å². The molecular weight excluding hydrogens is 280 g/mol. The van der Waals surface area contributed by atoms with Crippen molar-refractivity contribution in [3.05, 3.63) is 24.3 Å². The average molecular weight is 308 g/mol. The molecule has 0 saturated carbocycles. The number of hydrogen-bond acceptors (Lipinski definition) is 3. The molecule has 22 heavy (non-hydrogen) atoms. The number of nitrogens with zero attached hydrogens (tertiary/aromatic N) is 1. The molecule has 1 heterocycles. The van der Waals surface area contributed by atoms with Gasteiger partial charge in [-0.25, -0.2) is 0 Å². The van der Waals surface area contributed by atoms with Crippen LogP contribution >= 0.6 is 0 Å². The van der Waals surface area contributed by atoms with Crippen LogP contribution in [0.25, 0.3) is 0 Å². The summed E-state index contributed by atoms with van der Waals surface area (Å²) in [4.78, 5) is 25.8. The van der Waals surface area contributed by atoms with Gasteiger partial charge in [0.1, 0.15) is 0 Å².